The molecule has 3 rings (SSSR count). The van der Waals surface area contributed by atoms with Crippen molar-refractivity contribution in [3.05, 3.63) is 45.5 Å². The topological polar surface area (TPSA) is 95.3 Å². The zero-order valence-corrected chi connectivity index (χ0v) is 14.8. The van der Waals surface area contributed by atoms with Crippen LogP contribution < -0.4 is 5.56 Å². The van der Waals surface area contributed by atoms with Crippen LogP contribution in [0.25, 0.3) is 0 Å². The van der Waals surface area contributed by atoms with E-state index in [4.69, 9.17) is 4.52 Å². The zero-order chi connectivity index (χ0) is 18.0. The maximum absolute atomic E-state index is 12.7. The van der Waals surface area contributed by atoms with Crippen molar-refractivity contribution in [3.8, 4) is 0 Å². The lowest BCUT2D eigenvalue weighted by atomic mass is 10.1. The molecule has 0 radical (unpaired) electrons. The summed E-state index contributed by atoms with van der Waals surface area (Å²) < 4.78 is 4.98. The second kappa shape index (κ2) is 7.18. The summed E-state index contributed by atoms with van der Waals surface area (Å²) in [6.07, 6.45) is 0. The molecule has 1 saturated heterocycles. The number of nitrogens with zero attached hydrogens (tertiary/aromatic N) is 4. The Hall–Kier alpha value is -2.48. The van der Waals surface area contributed by atoms with E-state index in [2.05, 4.69) is 20.0 Å². The van der Waals surface area contributed by atoms with Crippen LogP contribution in [0.3, 0.4) is 0 Å². The van der Waals surface area contributed by atoms with E-state index in [9.17, 15) is 9.59 Å². The van der Waals surface area contributed by atoms with E-state index >= 15 is 0 Å². The number of rotatable bonds is 4. The number of amides is 1. The van der Waals surface area contributed by atoms with Gasteiger partial charge in [0.05, 0.1) is 6.54 Å². The monoisotopic (exact) mass is 345 g/mol. The van der Waals surface area contributed by atoms with Gasteiger partial charge < -0.3 is 14.4 Å². The molecule has 2 aromatic heterocycles. The number of aromatic amines is 1. The largest absolute Gasteiger partial charge is 0.340 e. The van der Waals surface area contributed by atoms with Crippen LogP contribution in [-0.4, -0.2) is 57.0 Å². The van der Waals surface area contributed by atoms with Crippen LogP contribution in [0.5, 0.6) is 0 Å². The summed E-state index contributed by atoms with van der Waals surface area (Å²) in [6, 6.07) is 3.16. The van der Waals surface area contributed by atoms with Crippen molar-refractivity contribution < 1.29 is 9.32 Å². The molecule has 0 atom stereocenters. The molecule has 3 heterocycles. The Morgan fingerprint density at radius 3 is 2.60 bits per heavy atom. The smallest absolute Gasteiger partial charge is 0.254 e. The minimum absolute atomic E-state index is 0.0944. The Labute approximate surface area is 145 Å². The Morgan fingerprint density at radius 2 is 2.00 bits per heavy atom. The van der Waals surface area contributed by atoms with E-state index in [0.29, 0.717) is 36.9 Å². The number of carbonyl (C=O) groups is 1. The molecule has 8 heteroatoms. The Kier molecular flexibility index (Phi) is 4.98. The molecule has 0 bridgehead atoms. The van der Waals surface area contributed by atoms with Crippen molar-refractivity contribution in [1.82, 2.24) is 24.9 Å². The van der Waals surface area contributed by atoms with Crippen LogP contribution in [-0.2, 0) is 6.54 Å². The van der Waals surface area contributed by atoms with E-state index in [1.54, 1.807) is 17.9 Å². The fraction of sp³-hybridized carbons (Fsp3) is 0.529. The van der Waals surface area contributed by atoms with Crippen molar-refractivity contribution in [2.75, 3.05) is 26.2 Å². The van der Waals surface area contributed by atoms with Gasteiger partial charge in [-0.25, -0.2) is 0 Å². The summed E-state index contributed by atoms with van der Waals surface area (Å²) in [5.41, 5.74) is 0.998. The molecular formula is C17H23N5O3. The zero-order valence-electron chi connectivity index (χ0n) is 14.8. The summed E-state index contributed by atoms with van der Waals surface area (Å²) >= 11 is 0. The van der Waals surface area contributed by atoms with Crippen molar-refractivity contribution in [2.24, 2.45) is 0 Å². The fourth-order valence-electron chi connectivity index (χ4n) is 2.90. The van der Waals surface area contributed by atoms with E-state index in [1.807, 2.05) is 13.8 Å². The van der Waals surface area contributed by atoms with Gasteiger partial charge in [-0.15, -0.1) is 0 Å². The van der Waals surface area contributed by atoms with Gasteiger partial charge in [0.1, 0.15) is 0 Å². The number of aryl methyl sites for hydroxylation is 1. The lowest BCUT2D eigenvalue weighted by Gasteiger charge is -2.34. The normalized spacial score (nSPS) is 15.8. The highest BCUT2D eigenvalue weighted by Gasteiger charge is 2.23. The lowest BCUT2D eigenvalue weighted by Crippen LogP contribution is -2.48. The minimum Gasteiger partial charge on any atom is -0.340 e. The van der Waals surface area contributed by atoms with Gasteiger partial charge >= 0.3 is 0 Å². The highest BCUT2D eigenvalue weighted by Crippen LogP contribution is 2.14. The number of nitrogens with one attached hydrogen (secondary N) is 1. The molecule has 25 heavy (non-hydrogen) atoms. The van der Waals surface area contributed by atoms with Gasteiger partial charge in [-0.2, -0.15) is 4.98 Å². The first-order valence-corrected chi connectivity index (χ1v) is 8.47. The molecule has 0 aromatic carbocycles. The van der Waals surface area contributed by atoms with E-state index in [0.717, 1.165) is 18.8 Å². The number of H-pyrrole nitrogens is 1. The van der Waals surface area contributed by atoms with Crippen LogP contribution in [0.4, 0.5) is 0 Å². The third-order valence-electron chi connectivity index (χ3n) is 4.33. The number of pyridine rings is 1. The molecule has 1 aliphatic rings. The molecule has 0 saturated carbocycles. The summed E-state index contributed by atoms with van der Waals surface area (Å²) in [5.74, 6) is 1.28. The van der Waals surface area contributed by atoms with Gasteiger partial charge in [0.2, 0.25) is 11.4 Å². The van der Waals surface area contributed by atoms with Crippen LogP contribution in [0.15, 0.2) is 21.5 Å². The number of piperazine rings is 1. The first kappa shape index (κ1) is 17.3. The summed E-state index contributed by atoms with van der Waals surface area (Å²) in [5, 5.41) is 3.90. The number of hydrogen-bond donors (Lipinski definition) is 1. The van der Waals surface area contributed by atoms with Gasteiger partial charge in [0.25, 0.3) is 5.91 Å². The summed E-state index contributed by atoms with van der Waals surface area (Å²) in [7, 11) is 0. The first-order valence-electron chi connectivity index (χ1n) is 8.47. The highest BCUT2D eigenvalue weighted by molar-refractivity contribution is 5.94. The van der Waals surface area contributed by atoms with Gasteiger partial charge in [-0.1, -0.05) is 19.0 Å². The SMILES string of the molecule is Cc1nc(CN2CCN(C(=O)c3cc(C(C)C)[nH]c(=O)c3)CC2)no1. The van der Waals surface area contributed by atoms with E-state index < -0.39 is 0 Å². The maximum atomic E-state index is 12.7. The number of carbonyl (C=O) groups excluding carboxylic acids is 1. The molecular weight excluding hydrogens is 322 g/mol. The second-order valence-corrected chi connectivity index (χ2v) is 6.64. The number of aromatic nitrogens is 3. The predicted octanol–water partition coefficient (Wildman–Crippen LogP) is 1.15. The van der Waals surface area contributed by atoms with Crippen LogP contribution in [0.2, 0.25) is 0 Å². The predicted molar refractivity (Wildman–Crippen MR) is 91.4 cm³/mol. The quantitative estimate of drug-likeness (QED) is 0.893. The maximum Gasteiger partial charge on any atom is 0.254 e. The third-order valence-corrected chi connectivity index (χ3v) is 4.33. The average Bonchev–Trinajstić information content (AvgIpc) is 2.99. The molecule has 1 fully saturated rings. The molecule has 1 aliphatic heterocycles. The standard InChI is InChI=1S/C17H23N5O3/c1-11(2)14-8-13(9-16(23)19-14)17(24)22-6-4-21(5-7-22)10-15-18-12(3)25-20-15/h8-9,11H,4-7,10H2,1-3H3,(H,19,23). The molecule has 0 unspecified atom stereocenters. The highest BCUT2D eigenvalue weighted by atomic mass is 16.5. The van der Waals surface area contributed by atoms with Gasteiger partial charge in [-0.3, -0.25) is 14.5 Å². The van der Waals surface area contributed by atoms with Crippen LogP contribution in [0, 0.1) is 6.92 Å². The molecule has 0 aliphatic carbocycles. The molecule has 134 valence electrons. The Morgan fingerprint density at radius 1 is 1.28 bits per heavy atom. The van der Waals surface area contributed by atoms with Crippen molar-refractivity contribution in [3.63, 3.8) is 0 Å². The van der Waals surface area contributed by atoms with Crippen LogP contribution >= 0.6 is 0 Å². The van der Waals surface area contributed by atoms with Crippen molar-refractivity contribution in [2.45, 2.75) is 33.2 Å². The van der Waals surface area contributed by atoms with Gasteiger partial charge in [-0.05, 0) is 12.0 Å². The van der Waals surface area contributed by atoms with Crippen LogP contribution in [0.1, 0.15) is 47.5 Å². The molecule has 8 nitrogen and oxygen atoms in total. The lowest BCUT2D eigenvalue weighted by molar-refractivity contribution is 0.0624. The molecule has 2 aromatic rings. The van der Waals surface area contributed by atoms with Crippen molar-refractivity contribution in [1.29, 1.82) is 0 Å². The summed E-state index contributed by atoms with van der Waals surface area (Å²) in [6.45, 7) is 9.04. The summed E-state index contributed by atoms with van der Waals surface area (Å²) in [4.78, 5) is 35.5. The van der Waals surface area contributed by atoms with Crippen molar-refractivity contribution >= 4 is 5.91 Å². The number of hydrogen-bond acceptors (Lipinski definition) is 6. The second-order valence-electron chi connectivity index (χ2n) is 6.64. The van der Waals surface area contributed by atoms with Gasteiger partial charge in [0.15, 0.2) is 5.82 Å². The Bertz CT molecular complexity index is 803. The molecule has 1 amide bonds. The fourth-order valence-corrected chi connectivity index (χ4v) is 2.90. The third kappa shape index (κ3) is 4.14. The average molecular weight is 345 g/mol. The molecule has 1 N–H and O–H groups in total. The Balaban J connectivity index is 1.62. The first-order chi connectivity index (χ1) is 11.9. The minimum atomic E-state index is -0.235. The van der Waals surface area contributed by atoms with E-state index in [-0.39, 0.29) is 17.4 Å². The molecule has 0 spiro atoms. The van der Waals surface area contributed by atoms with Gasteiger partial charge in [0, 0.05) is 50.4 Å². The van der Waals surface area contributed by atoms with E-state index in [1.165, 1.54) is 6.07 Å².